The Morgan fingerprint density at radius 2 is 0.672 bits per heavy atom. The first kappa shape index (κ1) is 56.0. The molecule has 4 saturated carbocycles. The van der Waals surface area contributed by atoms with E-state index in [2.05, 4.69) is 35.1 Å². The van der Waals surface area contributed by atoms with Gasteiger partial charge in [0.1, 0.15) is 20.7 Å². The van der Waals surface area contributed by atoms with Gasteiger partial charge in [0.25, 0.3) is 0 Å². The number of thiocarbonyl (C=S) groups is 4. The van der Waals surface area contributed by atoms with Gasteiger partial charge in [-0.3, -0.25) is 0 Å². The van der Waals surface area contributed by atoms with E-state index in [0.29, 0.717) is 0 Å². The van der Waals surface area contributed by atoms with Gasteiger partial charge in [-0.2, -0.15) is 0 Å². The second-order valence-electron chi connectivity index (χ2n) is 18.7. The second-order valence-corrected chi connectivity index (χ2v) is 31.5. The number of hydrogen-bond acceptors (Lipinski definition) is 12. The van der Waals surface area contributed by atoms with Crippen LogP contribution >= 0.6 is 135 Å². The molecule has 0 aromatic heterocycles. The van der Waals surface area contributed by atoms with Crippen molar-refractivity contribution in [2.45, 2.75) is 197 Å². The maximum absolute atomic E-state index is 6.04. The van der Waals surface area contributed by atoms with Crippen LogP contribution in [0.25, 0.3) is 0 Å². The molecule has 4 rings (SSSR count). The summed E-state index contributed by atoms with van der Waals surface area (Å²) < 4.78 is 3.18. The number of hydrogen-bond donors (Lipinski definition) is 4. The average Bonchev–Trinajstić information content (AvgIpc) is 3.28. The lowest BCUT2D eigenvalue weighted by molar-refractivity contribution is 0.333. The highest BCUT2D eigenvalue weighted by Crippen LogP contribution is 2.68. The third kappa shape index (κ3) is 24.5. The summed E-state index contributed by atoms with van der Waals surface area (Å²) in [4.78, 5) is 0. The monoisotopic (exact) mass is 1060 g/mol. The first-order valence-electron chi connectivity index (χ1n) is 24.1. The smallest absolute Gasteiger partial charge is 0.144 e. The molecule has 352 valence electrons. The predicted molar refractivity (Wildman–Crippen MR) is 308 cm³/mol. The molecule has 4 fully saturated rings. The Balaban J connectivity index is 1.36. The fraction of sp³-hybridized carbons (Fsp3) is 0.911. The van der Waals surface area contributed by atoms with E-state index in [1.807, 2.05) is 43.2 Å². The summed E-state index contributed by atoms with van der Waals surface area (Å²) in [7, 11) is 14.4. The molecule has 16 heteroatoms. The van der Waals surface area contributed by atoms with Crippen LogP contribution in [0, 0.1) is 29.1 Å². The Morgan fingerprint density at radius 3 is 0.951 bits per heavy atom. The molecule has 0 atom stereocenters. The Morgan fingerprint density at radius 1 is 0.410 bits per heavy atom. The van der Waals surface area contributed by atoms with Gasteiger partial charge in [-0.1, -0.05) is 234 Å². The standard InChI is InChI=1S/C45H80N4S12/c1-44(2,35-54-55-40(50)46-31-15-27-36-19-7-3-8-20-36)45(59-56-41(51)47-32-16-28-37-21-9-4-10-22-37,60-57-42(52)48-33-17-29-38-23-11-5-12-24-38)61-58-43(53)49-34-18-30-39-25-13-6-14-26-39/h36-39H,3-35H2,1-2H3,(H,46,50)(H,47,51)(H,48,52)(H,49,53). The van der Waals surface area contributed by atoms with E-state index in [1.165, 1.54) is 180 Å². The molecule has 0 heterocycles. The van der Waals surface area contributed by atoms with Crippen molar-refractivity contribution in [1.82, 2.24) is 21.3 Å². The van der Waals surface area contributed by atoms with Gasteiger partial charge in [0.15, 0.2) is 0 Å². The zero-order valence-corrected chi connectivity index (χ0v) is 47.3. The number of nitrogens with one attached hydrogen (secondary N) is 4. The fourth-order valence-electron chi connectivity index (χ4n) is 9.32. The molecular weight excluding hydrogens is 981 g/mol. The lowest BCUT2D eigenvalue weighted by atomic mass is 9.86. The molecule has 0 aliphatic heterocycles. The van der Waals surface area contributed by atoms with Gasteiger partial charge >= 0.3 is 0 Å². The third-order valence-corrected chi connectivity index (χ3v) is 29.9. The Hall–Kier alpha value is 2.36. The first-order valence-corrected chi connectivity index (χ1v) is 34.5. The summed E-state index contributed by atoms with van der Waals surface area (Å²) in [5.41, 5.74) is -0.155. The van der Waals surface area contributed by atoms with Crippen LogP contribution in [0.3, 0.4) is 0 Å². The van der Waals surface area contributed by atoms with E-state index in [1.54, 1.807) is 43.2 Å². The summed E-state index contributed by atoms with van der Waals surface area (Å²) in [6.45, 7) is 8.65. The molecule has 0 unspecified atom stereocenters. The molecule has 4 aliphatic rings. The number of rotatable bonds is 26. The fourth-order valence-corrected chi connectivity index (χ4v) is 25.1. The Kier molecular flexibility index (Phi) is 31.0. The van der Waals surface area contributed by atoms with Crippen molar-refractivity contribution in [3.63, 3.8) is 0 Å². The highest BCUT2D eigenvalue weighted by molar-refractivity contribution is 8.99. The van der Waals surface area contributed by atoms with Crippen LogP contribution in [0.5, 0.6) is 0 Å². The average molecular weight is 1060 g/mol. The van der Waals surface area contributed by atoms with E-state index in [9.17, 15) is 0 Å². The van der Waals surface area contributed by atoms with E-state index < -0.39 is 0 Å². The van der Waals surface area contributed by atoms with Gasteiger partial charge in [0, 0.05) is 37.3 Å². The minimum atomic E-state index is -0.342. The quantitative estimate of drug-likeness (QED) is 0.0288. The summed E-state index contributed by atoms with van der Waals surface area (Å²) in [5.74, 6) is 4.53. The Bertz CT molecular complexity index is 1130. The molecular formula is C45H80N4S12. The largest absolute Gasteiger partial charge is 0.370 e. The van der Waals surface area contributed by atoms with Gasteiger partial charge < -0.3 is 21.3 Å². The van der Waals surface area contributed by atoms with Crippen LogP contribution in [0.2, 0.25) is 0 Å². The van der Waals surface area contributed by atoms with Crippen LogP contribution in [0.15, 0.2) is 0 Å². The maximum atomic E-state index is 6.04. The van der Waals surface area contributed by atoms with Crippen molar-refractivity contribution in [3.05, 3.63) is 0 Å². The molecule has 0 spiro atoms. The van der Waals surface area contributed by atoms with Crippen LogP contribution in [-0.4, -0.2) is 52.6 Å². The summed E-state index contributed by atoms with van der Waals surface area (Å²) in [6.07, 6.45) is 38.2. The third-order valence-electron chi connectivity index (χ3n) is 13.2. The highest BCUT2D eigenvalue weighted by atomic mass is 33.2. The SMILES string of the molecule is CC(C)(CSSC(=S)NCCCC1CCCCC1)C(SSC(=S)NCCCC1CCCCC1)(SSC(=S)NCCCC1CCCCC1)SSC(=S)NCCCC1CCCCC1. The highest BCUT2D eigenvalue weighted by Gasteiger charge is 2.49. The van der Waals surface area contributed by atoms with Gasteiger partial charge in [-0.05, 0) is 118 Å². The zero-order valence-electron chi connectivity index (χ0n) is 37.5. The van der Waals surface area contributed by atoms with Crippen LogP contribution in [0.1, 0.15) is 194 Å². The van der Waals surface area contributed by atoms with Gasteiger partial charge in [-0.15, -0.1) is 0 Å². The van der Waals surface area contributed by atoms with Crippen molar-refractivity contribution in [2.24, 2.45) is 29.1 Å². The first-order chi connectivity index (χ1) is 29.6. The molecule has 4 N–H and O–H groups in total. The van der Waals surface area contributed by atoms with Crippen LogP contribution in [-0.2, 0) is 0 Å². The van der Waals surface area contributed by atoms with E-state index in [-0.39, 0.29) is 8.83 Å². The van der Waals surface area contributed by atoms with Crippen LogP contribution < -0.4 is 21.3 Å². The molecule has 0 radical (unpaired) electrons. The zero-order chi connectivity index (χ0) is 43.4. The lowest BCUT2D eigenvalue weighted by Crippen LogP contribution is -2.37. The van der Waals surface area contributed by atoms with Crippen molar-refractivity contribution in [3.8, 4) is 0 Å². The predicted octanol–water partition coefficient (Wildman–Crippen LogP) is 17.1. The molecule has 4 nitrogen and oxygen atoms in total. The molecule has 4 aliphatic carbocycles. The molecule has 61 heavy (non-hydrogen) atoms. The van der Waals surface area contributed by atoms with E-state index >= 15 is 0 Å². The second kappa shape index (κ2) is 33.8. The van der Waals surface area contributed by atoms with Crippen LogP contribution in [0.4, 0.5) is 0 Å². The summed E-state index contributed by atoms with van der Waals surface area (Å²) in [5, 5.41) is 14.5. The summed E-state index contributed by atoms with van der Waals surface area (Å²) >= 11 is 24.0. The topological polar surface area (TPSA) is 48.1 Å². The molecule has 0 saturated heterocycles. The molecule has 0 aromatic carbocycles. The van der Waals surface area contributed by atoms with Gasteiger partial charge in [-0.25, -0.2) is 0 Å². The van der Waals surface area contributed by atoms with Crippen molar-refractivity contribution in [1.29, 1.82) is 0 Å². The maximum Gasteiger partial charge on any atom is 0.144 e. The van der Waals surface area contributed by atoms with E-state index in [0.717, 1.165) is 72.9 Å². The minimum absolute atomic E-state index is 0.155. The summed E-state index contributed by atoms with van der Waals surface area (Å²) in [6, 6.07) is 0. The molecule has 0 bridgehead atoms. The van der Waals surface area contributed by atoms with Crippen molar-refractivity contribution in [2.75, 3.05) is 31.9 Å². The molecule has 0 amide bonds. The van der Waals surface area contributed by atoms with Crippen molar-refractivity contribution >= 4 is 153 Å². The lowest BCUT2D eigenvalue weighted by Gasteiger charge is -2.43. The molecule has 0 aromatic rings. The van der Waals surface area contributed by atoms with E-state index in [4.69, 9.17) is 48.9 Å². The van der Waals surface area contributed by atoms with Crippen molar-refractivity contribution < 1.29 is 0 Å². The van der Waals surface area contributed by atoms with Gasteiger partial charge in [0.2, 0.25) is 0 Å². The normalized spacial score (nSPS) is 19.0. The Labute approximate surface area is 427 Å². The minimum Gasteiger partial charge on any atom is -0.370 e. The van der Waals surface area contributed by atoms with Gasteiger partial charge in [0.05, 0.1) is 0 Å².